The molecule has 2 aromatic rings. The molecule has 0 saturated carbocycles. The number of amides is 2. The number of rotatable bonds is 8. The average molecular weight is 330 g/mol. The van der Waals surface area contributed by atoms with Crippen molar-refractivity contribution in [3.63, 3.8) is 0 Å². The van der Waals surface area contributed by atoms with Crippen molar-refractivity contribution in [1.29, 1.82) is 0 Å². The van der Waals surface area contributed by atoms with Crippen LogP contribution < -0.4 is 24.8 Å². The van der Waals surface area contributed by atoms with Crippen molar-refractivity contribution in [2.45, 2.75) is 13.8 Å². The van der Waals surface area contributed by atoms with Crippen LogP contribution in [0.3, 0.4) is 0 Å². The number of hydrogen-bond donors (Lipinski definition) is 2. The first kappa shape index (κ1) is 17.5. The molecule has 0 heterocycles. The van der Waals surface area contributed by atoms with Crippen LogP contribution in [0.1, 0.15) is 13.8 Å². The zero-order valence-electron chi connectivity index (χ0n) is 13.9. The topological polar surface area (TPSA) is 68.8 Å². The molecule has 0 aliphatic rings. The first-order chi connectivity index (χ1) is 11.7. The smallest absolute Gasteiger partial charge is 0.321 e. The standard InChI is InChI=1S/C18H22N2O4/c1-3-22-15-10-6-5-9-14(15)20-18(21)19-13-24-17-12-8-7-11-16(17)23-4-2/h5-12H,3-4,13H2,1-2H3,(H2,19,20,21). The number of urea groups is 1. The van der Waals surface area contributed by atoms with Crippen LogP contribution in [0.2, 0.25) is 0 Å². The minimum atomic E-state index is -0.379. The lowest BCUT2D eigenvalue weighted by atomic mass is 10.3. The minimum absolute atomic E-state index is 0.0206. The molecular formula is C18H22N2O4. The lowest BCUT2D eigenvalue weighted by molar-refractivity contribution is 0.229. The van der Waals surface area contributed by atoms with Crippen molar-refractivity contribution >= 4 is 11.7 Å². The van der Waals surface area contributed by atoms with E-state index in [0.29, 0.717) is 36.1 Å². The Kier molecular flexibility index (Phi) is 6.76. The summed E-state index contributed by atoms with van der Waals surface area (Å²) in [6, 6.07) is 14.2. The highest BCUT2D eigenvalue weighted by Gasteiger charge is 2.08. The van der Waals surface area contributed by atoms with Gasteiger partial charge in [-0.15, -0.1) is 0 Å². The molecule has 6 heteroatoms. The van der Waals surface area contributed by atoms with Crippen LogP contribution in [0.15, 0.2) is 48.5 Å². The number of anilines is 1. The first-order valence-electron chi connectivity index (χ1n) is 7.85. The first-order valence-corrected chi connectivity index (χ1v) is 7.85. The molecule has 2 amide bonds. The molecule has 0 unspecified atom stereocenters. The summed E-state index contributed by atoms with van der Waals surface area (Å²) in [6.07, 6.45) is 0. The minimum Gasteiger partial charge on any atom is -0.492 e. The zero-order valence-corrected chi connectivity index (χ0v) is 13.9. The van der Waals surface area contributed by atoms with Crippen LogP contribution >= 0.6 is 0 Å². The number of para-hydroxylation sites is 4. The van der Waals surface area contributed by atoms with Gasteiger partial charge in [0.2, 0.25) is 0 Å². The van der Waals surface area contributed by atoms with E-state index in [9.17, 15) is 4.79 Å². The maximum absolute atomic E-state index is 12.0. The quantitative estimate of drug-likeness (QED) is 0.725. The fraction of sp³-hybridized carbons (Fsp3) is 0.278. The van der Waals surface area contributed by atoms with E-state index >= 15 is 0 Å². The Hall–Kier alpha value is -2.89. The summed E-state index contributed by atoms with van der Waals surface area (Å²) in [7, 11) is 0. The van der Waals surface area contributed by atoms with Gasteiger partial charge in [-0.2, -0.15) is 0 Å². The summed E-state index contributed by atoms with van der Waals surface area (Å²) < 4.78 is 16.5. The molecule has 0 saturated heterocycles. The predicted octanol–water partition coefficient (Wildman–Crippen LogP) is 3.64. The number of hydrogen-bond acceptors (Lipinski definition) is 4. The van der Waals surface area contributed by atoms with Crippen molar-refractivity contribution < 1.29 is 19.0 Å². The fourth-order valence-electron chi connectivity index (χ4n) is 2.04. The maximum Gasteiger partial charge on any atom is 0.321 e. The molecule has 0 radical (unpaired) electrons. The van der Waals surface area contributed by atoms with Gasteiger partial charge in [-0.1, -0.05) is 24.3 Å². The summed E-state index contributed by atoms with van der Waals surface area (Å²) in [5.74, 6) is 1.84. The van der Waals surface area contributed by atoms with Gasteiger partial charge in [0, 0.05) is 0 Å². The van der Waals surface area contributed by atoms with Gasteiger partial charge in [-0.25, -0.2) is 4.79 Å². The summed E-state index contributed by atoms with van der Waals surface area (Å²) in [4.78, 5) is 12.0. The molecule has 128 valence electrons. The lowest BCUT2D eigenvalue weighted by Gasteiger charge is -2.14. The Bertz CT molecular complexity index is 661. The molecule has 0 atom stereocenters. The summed E-state index contributed by atoms with van der Waals surface area (Å²) in [5, 5.41) is 5.37. The third-order valence-electron chi connectivity index (χ3n) is 3.04. The van der Waals surface area contributed by atoms with E-state index in [1.165, 1.54) is 0 Å². The Morgan fingerprint density at radius 1 is 0.833 bits per heavy atom. The molecule has 6 nitrogen and oxygen atoms in total. The van der Waals surface area contributed by atoms with Crippen LogP contribution in [0.25, 0.3) is 0 Å². The van der Waals surface area contributed by atoms with E-state index in [4.69, 9.17) is 14.2 Å². The molecule has 0 aromatic heterocycles. The van der Waals surface area contributed by atoms with Crippen LogP contribution in [-0.4, -0.2) is 26.0 Å². The van der Waals surface area contributed by atoms with E-state index < -0.39 is 0 Å². The van der Waals surface area contributed by atoms with E-state index in [1.54, 1.807) is 18.2 Å². The molecule has 2 rings (SSSR count). The summed E-state index contributed by atoms with van der Waals surface area (Å²) >= 11 is 0. The van der Waals surface area contributed by atoms with Gasteiger partial charge in [0.15, 0.2) is 18.2 Å². The van der Waals surface area contributed by atoms with Gasteiger partial charge in [0.05, 0.1) is 18.9 Å². The second-order valence-electron chi connectivity index (χ2n) is 4.73. The van der Waals surface area contributed by atoms with Crippen molar-refractivity contribution in [1.82, 2.24) is 5.32 Å². The Balaban J connectivity index is 1.86. The number of nitrogens with one attached hydrogen (secondary N) is 2. The Morgan fingerprint density at radius 2 is 1.38 bits per heavy atom. The van der Waals surface area contributed by atoms with Gasteiger partial charge in [-0.05, 0) is 38.1 Å². The third kappa shape index (κ3) is 5.08. The van der Waals surface area contributed by atoms with Crippen molar-refractivity contribution in [2.75, 3.05) is 25.3 Å². The molecule has 0 bridgehead atoms. The van der Waals surface area contributed by atoms with Gasteiger partial charge in [-0.3, -0.25) is 0 Å². The molecule has 0 fully saturated rings. The van der Waals surface area contributed by atoms with E-state index in [0.717, 1.165) is 0 Å². The van der Waals surface area contributed by atoms with Gasteiger partial charge >= 0.3 is 6.03 Å². The lowest BCUT2D eigenvalue weighted by Crippen LogP contribution is -2.32. The SMILES string of the molecule is CCOc1ccccc1NC(=O)NCOc1ccccc1OCC. The number of carbonyl (C=O) groups excluding carboxylic acids is 1. The molecule has 2 N–H and O–H groups in total. The van der Waals surface area contributed by atoms with Crippen LogP contribution in [0, 0.1) is 0 Å². The van der Waals surface area contributed by atoms with Crippen molar-refractivity contribution in [3.05, 3.63) is 48.5 Å². The van der Waals surface area contributed by atoms with Crippen molar-refractivity contribution in [2.24, 2.45) is 0 Å². The van der Waals surface area contributed by atoms with Crippen LogP contribution in [0.5, 0.6) is 17.2 Å². The highest BCUT2D eigenvalue weighted by Crippen LogP contribution is 2.26. The number of ether oxygens (including phenoxy) is 3. The zero-order chi connectivity index (χ0) is 17.2. The monoisotopic (exact) mass is 330 g/mol. The molecule has 24 heavy (non-hydrogen) atoms. The normalized spacial score (nSPS) is 9.92. The Labute approximate surface area is 141 Å². The highest BCUT2D eigenvalue weighted by atomic mass is 16.5. The highest BCUT2D eigenvalue weighted by molar-refractivity contribution is 5.90. The van der Waals surface area contributed by atoms with E-state index in [1.807, 2.05) is 44.2 Å². The number of benzene rings is 2. The second-order valence-corrected chi connectivity index (χ2v) is 4.73. The van der Waals surface area contributed by atoms with E-state index in [-0.39, 0.29) is 12.8 Å². The molecular weight excluding hydrogens is 308 g/mol. The molecule has 0 spiro atoms. The maximum atomic E-state index is 12.0. The van der Waals surface area contributed by atoms with Gasteiger partial charge in [0.1, 0.15) is 5.75 Å². The van der Waals surface area contributed by atoms with Gasteiger partial charge < -0.3 is 24.8 Å². The fourth-order valence-corrected chi connectivity index (χ4v) is 2.04. The van der Waals surface area contributed by atoms with Gasteiger partial charge in [0.25, 0.3) is 0 Å². The molecule has 0 aliphatic carbocycles. The third-order valence-corrected chi connectivity index (χ3v) is 3.04. The Morgan fingerprint density at radius 3 is 2.04 bits per heavy atom. The van der Waals surface area contributed by atoms with Crippen molar-refractivity contribution in [3.8, 4) is 17.2 Å². The van der Waals surface area contributed by atoms with Crippen LogP contribution in [0.4, 0.5) is 10.5 Å². The second kappa shape index (κ2) is 9.29. The van der Waals surface area contributed by atoms with E-state index in [2.05, 4.69) is 10.6 Å². The summed E-state index contributed by atoms with van der Waals surface area (Å²) in [5.41, 5.74) is 0.603. The number of carbonyl (C=O) groups is 1. The average Bonchev–Trinajstić information content (AvgIpc) is 2.59. The molecule has 2 aromatic carbocycles. The largest absolute Gasteiger partial charge is 0.492 e. The van der Waals surface area contributed by atoms with Crippen LogP contribution in [-0.2, 0) is 0 Å². The molecule has 0 aliphatic heterocycles. The predicted molar refractivity (Wildman–Crippen MR) is 92.9 cm³/mol. The summed E-state index contributed by atoms with van der Waals surface area (Å²) in [6.45, 7) is 4.88.